The SMILES string of the molecule is COC(=O)C1=C(C(=O)OC)N(c2c(F)cccc2S(N)(=O)=O)C=CC=C1. The first-order valence-corrected chi connectivity index (χ1v) is 8.63. The first-order chi connectivity index (χ1) is 12.2. The van der Waals surface area contributed by atoms with E-state index in [-0.39, 0.29) is 5.57 Å². The van der Waals surface area contributed by atoms with Gasteiger partial charge in [0.2, 0.25) is 10.0 Å². The molecule has 8 nitrogen and oxygen atoms in total. The van der Waals surface area contributed by atoms with Gasteiger partial charge in [-0.05, 0) is 24.3 Å². The van der Waals surface area contributed by atoms with Gasteiger partial charge in [0, 0.05) is 6.20 Å². The predicted molar refractivity (Wildman–Crippen MR) is 89.6 cm³/mol. The summed E-state index contributed by atoms with van der Waals surface area (Å²) in [6.45, 7) is 0. The van der Waals surface area contributed by atoms with Gasteiger partial charge in [0.05, 0.1) is 19.8 Å². The standard InChI is InChI=1S/C16H15FN2O6S/c1-24-15(20)10-6-3-4-9-19(13(10)16(21)25-2)14-11(17)7-5-8-12(14)26(18,22)23/h3-9H,1-2H3,(H2,18,22,23). The number of anilines is 1. The number of methoxy groups -OCH3 is 2. The normalized spacial score (nSPS) is 14.2. The van der Waals surface area contributed by atoms with Gasteiger partial charge in [-0.25, -0.2) is 27.5 Å². The Hall–Kier alpha value is -2.98. The molecular formula is C16H15FN2O6S. The number of primary sulfonamides is 1. The highest BCUT2D eigenvalue weighted by molar-refractivity contribution is 7.89. The van der Waals surface area contributed by atoms with Gasteiger partial charge < -0.3 is 14.4 Å². The Labute approximate surface area is 149 Å². The highest BCUT2D eigenvalue weighted by atomic mass is 32.2. The monoisotopic (exact) mass is 382 g/mol. The van der Waals surface area contributed by atoms with Gasteiger partial charge in [0.1, 0.15) is 22.1 Å². The van der Waals surface area contributed by atoms with Crippen LogP contribution in [0.3, 0.4) is 0 Å². The molecule has 26 heavy (non-hydrogen) atoms. The average molecular weight is 382 g/mol. The van der Waals surface area contributed by atoms with Crippen LogP contribution in [0, 0.1) is 5.82 Å². The number of hydrogen-bond donors (Lipinski definition) is 1. The topological polar surface area (TPSA) is 116 Å². The third-order valence-corrected chi connectivity index (χ3v) is 4.33. The molecule has 1 heterocycles. The van der Waals surface area contributed by atoms with Gasteiger partial charge in [-0.2, -0.15) is 0 Å². The summed E-state index contributed by atoms with van der Waals surface area (Å²) in [7, 11) is -2.19. The quantitative estimate of drug-likeness (QED) is 0.771. The number of esters is 2. The van der Waals surface area contributed by atoms with Gasteiger partial charge in [-0.3, -0.25) is 0 Å². The largest absolute Gasteiger partial charge is 0.465 e. The second-order valence-corrected chi connectivity index (χ2v) is 6.48. The van der Waals surface area contributed by atoms with Crippen LogP contribution < -0.4 is 10.0 Å². The summed E-state index contributed by atoms with van der Waals surface area (Å²) in [6, 6.07) is 3.22. The second kappa shape index (κ2) is 7.50. The van der Waals surface area contributed by atoms with Crippen molar-refractivity contribution in [3.8, 4) is 0 Å². The Bertz CT molecular complexity index is 949. The number of carbonyl (C=O) groups excluding carboxylic acids is 2. The van der Waals surface area contributed by atoms with Crippen LogP contribution >= 0.6 is 0 Å². The molecule has 0 bridgehead atoms. The Kier molecular flexibility index (Phi) is 5.58. The number of allylic oxidation sites excluding steroid dienone is 2. The van der Waals surface area contributed by atoms with E-state index in [1.807, 2.05) is 0 Å². The van der Waals surface area contributed by atoms with E-state index in [2.05, 4.69) is 9.47 Å². The number of hydrogen-bond acceptors (Lipinski definition) is 7. The number of nitrogens with zero attached hydrogens (tertiary/aromatic N) is 1. The number of ether oxygens (including phenoxy) is 2. The van der Waals surface area contributed by atoms with Crippen LogP contribution in [0.5, 0.6) is 0 Å². The molecule has 1 aliphatic heterocycles. The number of para-hydroxylation sites is 1. The number of benzene rings is 1. The minimum Gasteiger partial charge on any atom is -0.465 e. The first-order valence-electron chi connectivity index (χ1n) is 7.08. The molecule has 0 aliphatic carbocycles. The zero-order chi connectivity index (χ0) is 19.5. The number of halogens is 1. The summed E-state index contributed by atoms with van der Waals surface area (Å²) in [4.78, 5) is 24.7. The lowest BCUT2D eigenvalue weighted by atomic mass is 10.1. The lowest BCUT2D eigenvalue weighted by molar-refractivity contribution is -0.139. The van der Waals surface area contributed by atoms with Crippen LogP contribution in [0.1, 0.15) is 0 Å². The molecule has 0 unspecified atom stereocenters. The average Bonchev–Trinajstić information content (AvgIpc) is 2.82. The van der Waals surface area contributed by atoms with E-state index in [0.717, 1.165) is 37.3 Å². The van der Waals surface area contributed by atoms with Gasteiger partial charge in [-0.1, -0.05) is 12.1 Å². The maximum absolute atomic E-state index is 14.5. The lowest BCUT2D eigenvalue weighted by Crippen LogP contribution is -2.29. The van der Waals surface area contributed by atoms with E-state index < -0.39 is 44.1 Å². The van der Waals surface area contributed by atoms with Crippen molar-refractivity contribution in [3.63, 3.8) is 0 Å². The minimum atomic E-state index is -4.34. The van der Waals surface area contributed by atoms with Gasteiger partial charge in [0.15, 0.2) is 0 Å². The van der Waals surface area contributed by atoms with E-state index in [9.17, 15) is 22.4 Å². The maximum Gasteiger partial charge on any atom is 0.355 e. The molecule has 0 spiro atoms. The number of rotatable bonds is 4. The number of carbonyl (C=O) groups is 2. The molecule has 2 rings (SSSR count). The third-order valence-electron chi connectivity index (χ3n) is 3.39. The molecule has 0 amide bonds. The fraction of sp³-hybridized carbons (Fsp3) is 0.125. The number of nitrogens with two attached hydrogens (primary N) is 1. The first kappa shape index (κ1) is 19.3. The summed E-state index contributed by atoms with van der Waals surface area (Å²) >= 11 is 0. The number of sulfonamides is 1. The van der Waals surface area contributed by atoms with Crippen LogP contribution in [0.25, 0.3) is 0 Å². The van der Waals surface area contributed by atoms with Gasteiger partial charge in [0.25, 0.3) is 0 Å². The van der Waals surface area contributed by atoms with Crippen LogP contribution in [-0.4, -0.2) is 34.6 Å². The van der Waals surface area contributed by atoms with Crippen molar-refractivity contribution < 1.29 is 31.9 Å². The van der Waals surface area contributed by atoms with Crippen molar-refractivity contribution in [3.05, 3.63) is 59.7 Å². The molecule has 138 valence electrons. The van der Waals surface area contributed by atoms with Gasteiger partial charge >= 0.3 is 11.9 Å². The fourth-order valence-electron chi connectivity index (χ4n) is 2.30. The minimum absolute atomic E-state index is 0.257. The van der Waals surface area contributed by atoms with E-state index in [1.165, 1.54) is 24.4 Å². The van der Waals surface area contributed by atoms with E-state index in [4.69, 9.17) is 5.14 Å². The van der Waals surface area contributed by atoms with Crippen LogP contribution in [0.2, 0.25) is 0 Å². The zero-order valence-electron chi connectivity index (χ0n) is 13.8. The predicted octanol–water partition coefficient (Wildman–Crippen LogP) is 0.963. The maximum atomic E-state index is 14.5. The Balaban J connectivity index is 2.87. The molecule has 0 aromatic heterocycles. The Morgan fingerprint density at radius 1 is 1.12 bits per heavy atom. The summed E-state index contributed by atoms with van der Waals surface area (Å²) in [5, 5.41) is 5.16. The lowest BCUT2D eigenvalue weighted by Gasteiger charge is -2.25. The molecule has 0 atom stereocenters. The van der Waals surface area contributed by atoms with E-state index >= 15 is 0 Å². The van der Waals surface area contributed by atoms with Gasteiger partial charge in [-0.15, -0.1) is 0 Å². The highest BCUT2D eigenvalue weighted by Gasteiger charge is 2.32. The van der Waals surface area contributed by atoms with E-state index in [1.54, 1.807) is 0 Å². The van der Waals surface area contributed by atoms with Crippen molar-refractivity contribution in [1.29, 1.82) is 0 Å². The Morgan fingerprint density at radius 2 is 1.77 bits per heavy atom. The molecule has 0 saturated carbocycles. The van der Waals surface area contributed by atoms with Crippen molar-refractivity contribution in [2.24, 2.45) is 5.14 Å². The molecule has 10 heteroatoms. The summed E-state index contributed by atoms with van der Waals surface area (Å²) < 4.78 is 47.6. The second-order valence-electron chi connectivity index (χ2n) is 4.95. The summed E-state index contributed by atoms with van der Waals surface area (Å²) in [5.41, 5.74) is -1.22. The zero-order valence-corrected chi connectivity index (χ0v) is 14.6. The molecule has 0 radical (unpaired) electrons. The van der Waals surface area contributed by atoms with Crippen LogP contribution in [0.15, 0.2) is 58.8 Å². The summed E-state index contributed by atoms with van der Waals surface area (Å²) in [6.07, 6.45) is 5.22. The molecule has 0 fully saturated rings. The molecular weight excluding hydrogens is 367 g/mol. The summed E-state index contributed by atoms with van der Waals surface area (Å²) in [5.74, 6) is -2.89. The molecule has 1 aromatic rings. The van der Waals surface area contributed by atoms with Crippen molar-refractivity contribution in [1.82, 2.24) is 0 Å². The van der Waals surface area contributed by atoms with E-state index in [0.29, 0.717) is 0 Å². The van der Waals surface area contributed by atoms with Crippen LogP contribution in [-0.2, 0) is 29.1 Å². The Morgan fingerprint density at radius 3 is 2.35 bits per heavy atom. The molecule has 2 N–H and O–H groups in total. The third kappa shape index (κ3) is 3.65. The molecule has 1 aliphatic rings. The van der Waals surface area contributed by atoms with Crippen molar-refractivity contribution in [2.75, 3.05) is 19.1 Å². The fourth-order valence-corrected chi connectivity index (χ4v) is 3.03. The van der Waals surface area contributed by atoms with Crippen molar-refractivity contribution in [2.45, 2.75) is 4.90 Å². The smallest absolute Gasteiger partial charge is 0.355 e. The van der Waals surface area contributed by atoms with Crippen molar-refractivity contribution >= 4 is 27.6 Å². The molecule has 0 saturated heterocycles. The molecule has 1 aromatic carbocycles. The highest BCUT2D eigenvalue weighted by Crippen LogP contribution is 2.33. The van der Waals surface area contributed by atoms with Crippen LogP contribution in [0.4, 0.5) is 10.1 Å².